The maximum absolute atomic E-state index is 13.2. The van der Waals surface area contributed by atoms with E-state index in [1.54, 1.807) is 17.2 Å². The van der Waals surface area contributed by atoms with Crippen molar-refractivity contribution in [3.8, 4) is 0 Å². The minimum Gasteiger partial charge on any atom is -0.468 e. The molecule has 8 heteroatoms. The van der Waals surface area contributed by atoms with Crippen LogP contribution in [0.4, 0.5) is 5.69 Å². The van der Waals surface area contributed by atoms with E-state index in [-0.39, 0.29) is 6.42 Å². The molecule has 0 aliphatic carbocycles. The van der Waals surface area contributed by atoms with Gasteiger partial charge in [0, 0.05) is 11.3 Å². The summed E-state index contributed by atoms with van der Waals surface area (Å²) in [5.74, 6) is -1.03. The molecule has 0 unspecified atom stereocenters. The topological polar surface area (TPSA) is 78.2 Å². The van der Waals surface area contributed by atoms with Gasteiger partial charge in [0.1, 0.15) is 17.9 Å². The third-order valence-electron chi connectivity index (χ3n) is 5.23. The quantitative estimate of drug-likeness (QED) is 0.444. The Hall–Kier alpha value is -3.10. The number of anilines is 1. The Morgan fingerprint density at radius 1 is 1.03 bits per heavy atom. The second kappa shape index (κ2) is 8.33. The summed E-state index contributed by atoms with van der Waals surface area (Å²) in [7, 11) is 2.52. The first-order valence-corrected chi connectivity index (χ1v) is 10.2. The molecule has 1 aliphatic rings. The molecule has 0 amide bonds. The van der Waals surface area contributed by atoms with Gasteiger partial charge in [-0.25, -0.2) is 5.06 Å². The van der Waals surface area contributed by atoms with Gasteiger partial charge in [0.2, 0.25) is 0 Å². The van der Waals surface area contributed by atoms with E-state index in [9.17, 15) is 9.59 Å². The van der Waals surface area contributed by atoms with E-state index in [4.69, 9.17) is 18.7 Å². The maximum Gasteiger partial charge on any atom is 0.326 e. The highest BCUT2D eigenvalue weighted by molar-refractivity contribution is 7.10. The van der Waals surface area contributed by atoms with E-state index in [0.29, 0.717) is 11.4 Å². The molecule has 0 saturated carbocycles. The molecule has 0 bridgehead atoms. The molecule has 156 valence electrons. The molecule has 0 N–H and O–H groups in total. The first kappa shape index (κ1) is 20.2. The van der Waals surface area contributed by atoms with Gasteiger partial charge in [0.05, 0.1) is 26.2 Å². The van der Waals surface area contributed by atoms with Crippen molar-refractivity contribution in [2.45, 2.75) is 18.6 Å². The van der Waals surface area contributed by atoms with Crippen LogP contribution in [-0.4, -0.2) is 26.2 Å². The van der Waals surface area contributed by atoms with Crippen LogP contribution in [0, 0.1) is 5.41 Å². The first-order chi connectivity index (χ1) is 14.6. The fourth-order valence-corrected chi connectivity index (χ4v) is 4.64. The molecule has 1 saturated heterocycles. The average molecular weight is 427 g/mol. The lowest BCUT2D eigenvalue weighted by atomic mass is 9.72. The van der Waals surface area contributed by atoms with E-state index in [2.05, 4.69) is 0 Å². The summed E-state index contributed by atoms with van der Waals surface area (Å²) in [6, 6.07) is 15.5. The number of methoxy groups -OCH3 is 2. The van der Waals surface area contributed by atoms with Crippen LogP contribution in [0.25, 0.3) is 0 Å². The molecule has 30 heavy (non-hydrogen) atoms. The molecule has 2 aromatic heterocycles. The summed E-state index contributed by atoms with van der Waals surface area (Å²) in [6.07, 6.45) is 0.972. The van der Waals surface area contributed by atoms with Crippen LogP contribution < -0.4 is 5.06 Å². The highest BCUT2D eigenvalue weighted by Crippen LogP contribution is 2.54. The van der Waals surface area contributed by atoms with Crippen molar-refractivity contribution in [1.29, 1.82) is 0 Å². The first-order valence-electron chi connectivity index (χ1n) is 9.36. The molecule has 0 radical (unpaired) electrons. The van der Waals surface area contributed by atoms with Gasteiger partial charge in [-0.3, -0.25) is 14.4 Å². The van der Waals surface area contributed by atoms with Crippen LogP contribution >= 0.6 is 11.3 Å². The lowest BCUT2D eigenvalue weighted by Gasteiger charge is -2.47. The highest BCUT2D eigenvalue weighted by Gasteiger charge is 2.63. The monoisotopic (exact) mass is 427 g/mol. The summed E-state index contributed by atoms with van der Waals surface area (Å²) in [6.45, 7) is 0. The molecule has 1 aliphatic heterocycles. The second-order valence-electron chi connectivity index (χ2n) is 6.85. The van der Waals surface area contributed by atoms with Gasteiger partial charge < -0.3 is 13.9 Å². The molecule has 4 rings (SSSR count). The van der Waals surface area contributed by atoms with Gasteiger partial charge in [-0.15, -0.1) is 11.3 Å². The van der Waals surface area contributed by atoms with Crippen LogP contribution in [-0.2, 0) is 23.9 Å². The van der Waals surface area contributed by atoms with E-state index in [1.165, 1.54) is 31.8 Å². The number of rotatable bonds is 5. The summed E-state index contributed by atoms with van der Waals surface area (Å²) in [5.41, 5.74) is -1.04. The number of thiophene rings is 1. The number of hydrogen-bond donors (Lipinski definition) is 0. The Kier molecular flexibility index (Phi) is 5.61. The third kappa shape index (κ3) is 3.28. The van der Waals surface area contributed by atoms with Crippen LogP contribution in [0.1, 0.15) is 29.2 Å². The van der Waals surface area contributed by atoms with Gasteiger partial charge in [0.25, 0.3) is 0 Å². The van der Waals surface area contributed by atoms with Gasteiger partial charge >= 0.3 is 11.9 Å². The lowest BCUT2D eigenvalue weighted by Crippen LogP contribution is -2.56. The predicted octanol–water partition coefficient (Wildman–Crippen LogP) is 4.30. The van der Waals surface area contributed by atoms with Gasteiger partial charge in [-0.2, -0.15) is 0 Å². The fourth-order valence-electron chi connectivity index (χ4n) is 3.89. The van der Waals surface area contributed by atoms with Crippen LogP contribution in [0.5, 0.6) is 0 Å². The van der Waals surface area contributed by atoms with Gasteiger partial charge in [0.15, 0.2) is 5.41 Å². The van der Waals surface area contributed by atoms with E-state index < -0.39 is 29.5 Å². The zero-order valence-electron chi connectivity index (χ0n) is 16.5. The Bertz CT molecular complexity index is 970. The Labute approximate surface area is 177 Å². The van der Waals surface area contributed by atoms with Crippen molar-refractivity contribution >= 4 is 29.0 Å². The number of benzene rings is 1. The number of para-hydroxylation sites is 1. The van der Waals surface area contributed by atoms with E-state index in [0.717, 1.165) is 4.88 Å². The largest absolute Gasteiger partial charge is 0.468 e. The molecule has 3 aromatic rings. The van der Waals surface area contributed by atoms with E-state index >= 15 is 0 Å². The summed E-state index contributed by atoms with van der Waals surface area (Å²) in [5, 5.41) is 3.47. The summed E-state index contributed by atoms with van der Waals surface area (Å²) < 4.78 is 15.9. The standard InChI is InChI=1S/C22H21NO6S/c1-26-20(24)22(21(25)27-2)14-17(18-11-7-13-30-18)29-23(15-8-4-3-5-9-15)19(22)16-10-6-12-28-16/h3-13,17,19H,14H2,1-2H3/t17-,19-/m1/s1. The summed E-state index contributed by atoms with van der Waals surface area (Å²) in [4.78, 5) is 33.7. The Balaban J connectivity index is 1.95. The Morgan fingerprint density at radius 2 is 1.77 bits per heavy atom. The zero-order chi connectivity index (χ0) is 21.1. The molecule has 7 nitrogen and oxygen atoms in total. The normalized spacial score (nSPS) is 20.5. The van der Waals surface area contributed by atoms with Gasteiger partial charge in [-0.1, -0.05) is 24.3 Å². The molecule has 2 atom stereocenters. The van der Waals surface area contributed by atoms with E-state index in [1.807, 2.05) is 47.8 Å². The highest BCUT2D eigenvalue weighted by atomic mass is 32.1. The molecule has 1 aromatic carbocycles. The minimum atomic E-state index is -1.70. The third-order valence-corrected chi connectivity index (χ3v) is 6.20. The van der Waals surface area contributed by atoms with Crippen LogP contribution in [0.2, 0.25) is 0 Å². The fraction of sp³-hybridized carbons (Fsp3) is 0.273. The molecule has 1 fully saturated rings. The van der Waals surface area contributed by atoms with Crippen molar-refractivity contribution in [3.05, 3.63) is 76.9 Å². The van der Waals surface area contributed by atoms with Crippen molar-refractivity contribution in [3.63, 3.8) is 0 Å². The SMILES string of the molecule is COC(=O)C1(C(=O)OC)C[C@H](c2cccs2)ON(c2ccccc2)[C@@H]1c1ccco1. The van der Waals surface area contributed by atoms with Crippen LogP contribution in [0.3, 0.4) is 0 Å². The smallest absolute Gasteiger partial charge is 0.326 e. The van der Waals surface area contributed by atoms with Gasteiger partial charge in [-0.05, 0) is 35.7 Å². The number of hydrogen-bond acceptors (Lipinski definition) is 8. The predicted molar refractivity (Wildman–Crippen MR) is 110 cm³/mol. The molecular weight excluding hydrogens is 406 g/mol. The maximum atomic E-state index is 13.2. The second-order valence-corrected chi connectivity index (χ2v) is 7.83. The molecule has 0 spiro atoms. The number of ether oxygens (including phenoxy) is 2. The number of carbonyl (C=O) groups is 2. The molecule has 3 heterocycles. The average Bonchev–Trinajstić information content (AvgIpc) is 3.52. The summed E-state index contributed by atoms with van der Waals surface area (Å²) >= 11 is 1.49. The van der Waals surface area contributed by atoms with Crippen molar-refractivity contribution in [2.75, 3.05) is 19.3 Å². The van der Waals surface area contributed by atoms with Crippen LogP contribution in [0.15, 0.2) is 70.7 Å². The van der Waals surface area contributed by atoms with Crippen molar-refractivity contribution < 1.29 is 28.3 Å². The lowest BCUT2D eigenvalue weighted by molar-refractivity contribution is -0.187. The van der Waals surface area contributed by atoms with Crippen molar-refractivity contribution in [2.24, 2.45) is 5.41 Å². The number of nitrogens with zero attached hydrogens (tertiary/aromatic N) is 1. The molecular formula is C22H21NO6S. The number of hydroxylamine groups is 1. The number of esters is 2. The zero-order valence-corrected chi connectivity index (χ0v) is 17.3. The number of furan rings is 1. The Morgan fingerprint density at radius 3 is 2.33 bits per heavy atom. The number of carbonyl (C=O) groups excluding carboxylic acids is 2. The van der Waals surface area contributed by atoms with Crippen molar-refractivity contribution in [1.82, 2.24) is 0 Å². The minimum absolute atomic E-state index is 0.0432.